The van der Waals surface area contributed by atoms with Crippen LogP contribution in [0.25, 0.3) is 11.3 Å². The lowest BCUT2D eigenvalue weighted by atomic mass is 10.2. The molecule has 106 valence electrons. The third kappa shape index (κ3) is 2.83. The summed E-state index contributed by atoms with van der Waals surface area (Å²) < 4.78 is 18.7. The van der Waals surface area contributed by atoms with Gasteiger partial charge in [0.15, 0.2) is 5.13 Å². The van der Waals surface area contributed by atoms with Gasteiger partial charge in [0, 0.05) is 24.0 Å². The van der Waals surface area contributed by atoms with Crippen molar-refractivity contribution >= 4 is 16.5 Å². The molecule has 0 unspecified atom stereocenters. The van der Waals surface area contributed by atoms with Crippen LogP contribution in [0.5, 0.6) is 0 Å². The summed E-state index contributed by atoms with van der Waals surface area (Å²) in [4.78, 5) is 6.93. The highest BCUT2D eigenvalue weighted by molar-refractivity contribution is 7.14. The second-order valence-corrected chi connectivity index (χ2v) is 6.02. The lowest BCUT2D eigenvalue weighted by Crippen LogP contribution is -2.45. The Balaban J connectivity index is 1.81. The molecular weight excluding hydrogens is 275 g/mol. The predicted molar refractivity (Wildman–Crippen MR) is 79.7 cm³/mol. The van der Waals surface area contributed by atoms with Crippen molar-refractivity contribution in [1.29, 1.82) is 0 Å². The van der Waals surface area contributed by atoms with E-state index in [1.807, 2.05) is 5.38 Å². The molecule has 0 bridgehead atoms. The van der Waals surface area contributed by atoms with Gasteiger partial charge in [-0.1, -0.05) is 0 Å². The summed E-state index contributed by atoms with van der Waals surface area (Å²) in [5.74, 6) is -0.222. The van der Waals surface area contributed by atoms with E-state index in [2.05, 4.69) is 23.7 Å². The number of halogens is 1. The molecule has 0 spiro atoms. The Hall–Kier alpha value is -1.46. The molecule has 3 nitrogen and oxygen atoms in total. The summed E-state index contributed by atoms with van der Waals surface area (Å²) in [7, 11) is 0. The van der Waals surface area contributed by atoms with Gasteiger partial charge in [0.2, 0.25) is 0 Å². The number of hydrogen-bond acceptors (Lipinski definition) is 4. The fourth-order valence-corrected chi connectivity index (χ4v) is 3.35. The molecule has 2 atom stereocenters. The van der Waals surface area contributed by atoms with Crippen molar-refractivity contribution in [2.24, 2.45) is 0 Å². The quantitative estimate of drug-likeness (QED) is 0.846. The van der Waals surface area contributed by atoms with E-state index >= 15 is 0 Å². The number of rotatable bonds is 2. The lowest BCUT2D eigenvalue weighted by molar-refractivity contribution is -0.00522. The molecule has 1 saturated heterocycles. The first-order valence-corrected chi connectivity index (χ1v) is 7.61. The van der Waals surface area contributed by atoms with Crippen molar-refractivity contribution in [3.8, 4) is 11.3 Å². The molecular formula is C15H17FN2OS. The molecule has 1 aliphatic rings. The Bertz CT molecular complexity index is 574. The maximum atomic E-state index is 12.9. The van der Waals surface area contributed by atoms with Gasteiger partial charge >= 0.3 is 0 Å². The molecule has 1 aromatic heterocycles. The highest BCUT2D eigenvalue weighted by atomic mass is 32.1. The maximum absolute atomic E-state index is 12.9. The number of nitrogens with zero attached hydrogens (tertiary/aromatic N) is 2. The normalized spacial score (nSPS) is 23.1. The summed E-state index contributed by atoms with van der Waals surface area (Å²) in [6.07, 6.45) is 0.439. The van der Waals surface area contributed by atoms with Gasteiger partial charge in [-0.15, -0.1) is 11.3 Å². The molecule has 0 radical (unpaired) electrons. The number of benzene rings is 1. The molecule has 0 amide bonds. The van der Waals surface area contributed by atoms with Gasteiger partial charge in [-0.3, -0.25) is 0 Å². The molecule has 1 fully saturated rings. The average Bonchev–Trinajstić information content (AvgIpc) is 2.88. The SMILES string of the molecule is C[C@@H]1CN(c2nc(-c3ccc(F)cc3)cs2)C[C@H](C)O1. The minimum atomic E-state index is -0.222. The van der Waals surface area contributed by atoms with Crippen molar-refractivity contribution in [2.75, 3.05) is 18.0 Å². The molecule has 0 saturated carbocycles. The number of anilines is 1. The van der Waals surface area contributed by atoms with Crippen LogP contribution in [0.3, 0.4) is 0 Å². The minimum Gasteiger partial charge on any atom is -0.372 e. The monoisotopic (exact) mass is 292 g/mol. The van der Waals surface area contributed by atoms with Crippen molar-refractivity contribution in [2.45, 2.75) is 26.1 Å². The van der Waals surface area contributed by atoms with Crippen molar-refractivity contribution in [3.05, 3.63) is 35.5 Å². The summed E-state index contributed by atoms with van der Waals surface area (Å²) in [5.41, 5.74) is 1.85. The van der Waals surface area contributed by atoms with Gasteiger partial charge < -0.3 is 9.64 Å². The highest BCUT2D eigenvalue weighted by Gasteiger charge is 2.24. The van der Waals surface area contributed by atoms with Crippen LogP contribution >= 0.6 is 11.3 Å². The zero-order chi connectivity index (χ0) is 14.1. The van der Waals surface area contributed by atoms with Gasteiger partial charge in [-0.05, 0) is 38.1 Å². The Morgan fingerprint density at radius 2 is 1.85 bits per heavy atom. The Morgan fingerprint density at radius 3 is 2.50 bits per heavy atom. The first-order valence-electron chi connectivity index (χ1n) is 6.73. The van der Waals surface area contributed by atoms with Gasteiger partial charge in [0.25, 0.3) is 0 Å². The van der Waals surface area contributed by atoms with Gasteiger partial charge in [0.05, 0.1) is 17.9 Å². The van der Waals surface area contributed by atoms with Crippen LogP contribution in [0, 0.1) is 5.82 Å². The molecule has 5 heteroatoms. The maximum Gasteiger partial charge on any atom is 0.186 e. The van der Waals surface area contributed by atoms with E-state index in [1.54, 1.807) is 23.5 Å². The van der Waals surface area contributed by atoms with Crippen LogP contribution in [0.1, 0.15) is 13.8 Å². The third-order valence-electron chi connectivity index (χ3n) is 3.32. The second-order valence-electron chi connectivity index (χ2n) is 5.18. The molecule has 0 N–H and O–H groups in total. The van der Waals surface area contributed by atoms with Crippen LogP contribution in [-0.4, -0.2) is 30.3 Å². The topological polar surface area (TPSA) is 25.4 Å². The zero-order valence-corrected chi connectivity index (χ0v) is 12.4. The Labute approximate surface area is 122 Å². The molecule has 3 rings (SSSR count). The molecule has 2 aromatic rings. The lowest BCUT2D eigenvalue weighted by Gasteiger charge is -2.35. The molecule has 1 aliphatic heterocycles. The summed E-state index contributed by atoms with van der Waals surface area (Å²) >= 11 is 1.62. The molecule has 2 heterocycles. The fraction of sp³-hybridized carbons (Fsp3) is 0.400. The smallest absolute Gasteiger partial charge is 0.186 e. The molecule has 20 heavy (non-hydrogen) atoms. The predicted octanol–water partition coefficient (Wildman–Crippen LogP) is 3.56. The van der Waals surface area contributed by atoms with Gasteiger partial charge in [0.1, 0.15) is 5.82 Å². The van der Waals surface area contributed by atoms with Crippen LogP contribution in [0.15, 0.2) is 29.6 Å². The summed E-state index contributed by atoms with van der Waals surface area (Å²) in [6, 6.07) is 6.46. The fourth-order valence-electron chi connectivity index (χ4n) is 2.50. The Kier molecular flexibility index (Phi) is 3.72. The molecule has 0 aliphatic carbocycles. The van der Waals surface area contributed by atoms with E-state index in [4.69, 9.17) is 4.74 Å². The van der Waals surface area contributed by atoms with Crippen molar-refractivity contribution < 1.29 is 9.13 Å². The first-order chi connectivity index (χ1) is 9.61. The largest absolute Gasteiger partial charge is 0.372 e. The van der Waals surface area contributed by atoms with E-state index in [1.165, 1.54) is 12.1 Å². The number of ether oxygens (including phenoxy) is 1. The van der Waals surface area contributed by atoms with Crippen LogP contribution in [0.2, 0.25) is 0 Å². The van der Waals surface area contributed by atoms with Crippen molar-refractivity contribution in [1.82, 2.24) is 4.98 Å². The summed E-state index contributed by atoms with van der Waals surface area (Å²) in [6.45, 7) is 5.88. The van der Waals surface area contributed by atoms with Crippen molar-refractivity contribution in [3.63, 3.8) is 0 Å². The standard InChI is InChI=1S/C15H17FN2OS/c1-10-7-18(8-11(2)19-10)15-17-14(9-20-15)12-3-5-13(16)6-4-12/h3-6,9-11H,7-8H2,1-2H3/t10-,11+. The highest BCUT2D eigenvalue weighted by Crippen LogP contribution is 2.29. The van der Waals surface area contributed by atoms with E-state index in [0.717, 1.165) is 29.5 Å². The number of morpholine rings is 1. The van der Waals surface area contributed by atoms with Crippen LogP contribution in [-0.2, 0) is 4.74 Å². The average molecular weight is 292 g/mol. The summed E-state index contributed by atoms with van der Waals surface area (Å²) in [5, 5.41) is 3.03. The minimum absolute atomic E-state index is 0.219. The van der Waals surface area contributed by atoms with E-state index in [-0.39, 0.29) is 18.0 Å². The number of thiazole rings is 1. The molecule has 1 aromatic carbocycles. The van der Waals surface area contributed by atoms with Crippen LogP contribution in [0.4, 0.5) is 9.52 Å². The zero-order valence-electron chi connectivity index (χ0n) is 11.5. The van der Waals surface area contributed by atoms with Gasteiger partial charge in [-0.25, -0.2) is 9.37 Å². The van der Waals surface area contributed by atoms with E-state index in [0.29, 0.717) is 0 Å². The number of hydrogen-bond donors (Lipinski definition) is 0. The van der Waals surface area contributed by atoms with E-state index < -0.39 is 0 Å². The van der Waals surface area contributed by atoms with Crippen LogP contribution < -0.4 is 4.90 Å². The first kappa shape index (κ1) is 13.5. The number of aromatic nitrogens is 1. The van der Waals surface area contributed by atoms with E-state index in [9.17, 15) is 4.39 Å². The second kappa shape index (κ2) is 5.50. The Morgan fingerprint density at radius 1 is 1.20 bits per heavy atom. The third-order valence-corrected chi connectivity index (χ3v) is 4.22. The van der Waals surface area contributed by atoms with Gasteiger partial charge in [-0.2, -0.15) is 0 Å².